The summed E-state index contributed by atoms with van der Waals surface area (Å²) in [4.78, 5) is 16.8. The van der Waals surface area contributed by atoms with E-state index in [1.54, 1.807) is 18.3 Å². The number of hydrogen-bond acceptors (Lipinski definition) is 5. The molecule has 0 amide bonds. The van der Waals surface area contributed by atoms with Crippen LogP contribution in [0.2, 0.25) is 0 Å². The predicted molar refractivity (Wildman–Crippen MR) is 75.1 cm³/mol. The summed E-state index contributed by atoms with van der Waals surface area (Å²) in [6.45, 7) is 0.277. The van der Waals surface area contributed by atoms with Gasteiger partial charge in [-0.1, -0.05) is 11.2 Å². The Hall–Kier alpha value is -1.73. The summed E-state index contributed by atoms with van der Waals surface area (Å²) in [5.74, 6) is 0.947. The van der Waals surface area contributed by atoms with Crippen molar-refractivity contribution in [2.75, 3.05) is 0 Å². The average Bonchev–Trinajstić information content (AvgIpc) is 3.01. The maximum absolute atomic E-state index is 11.6. The van der Waals surface area contributed by atoms with Gasteiger partial charge in [-0.15, -0.1) is 11.3 Å². The van der Waals surface area contributed by atoms with Crippen molar-refractivity contribution in [1.82, 2.24) is 14.7 Å². The lowest BCUT2D eigenvalue weighted by molar-refractivity contribution is 0.370. The van der Waals surface area contributed by atoms with Gasteiger partial charge in [0.15, 0.2) is 0 Å². The first-order valence-corrected chi connectivity index (χ1v) is 7.12. The van der Waals surface area contributed by atoms with Crippen molar-refractivity contribution >= 4 is 27.3 Å². The Morgan fingerprint density at radius 2 is 2.32 bits per heavy atom. The van der Waals surface area contributed by atoms with Crippen LogP contribution in [-0.2, 0) is 6.54 Å². The van der Waals surface area contributed by atoms with Gasteiger partial charge in [-0.2, -0.15) is 4.98 Å². The van der Waals surface area contributed by atoms with Crippen molar-refractivity contribution in [3.05, 3.63) is 56.6 Å². The molecule has 0 unspecified atom stereocenters. The molecule has 0 spiro atoms. The lowest BCUT2D eigenvalue weighted by atomic mass is 10.4. The van der Waals surface area contributed by atoms with Gasteiger partial charge >= 0.3 is 0 Å². The van der Waals surface area contributed by atoms with Gasteiger partial charge in [-0.3, -0.25) is 4.79 Å². The average molecular weight is 338 g/mol. The Morgan fingerprint density at radius 1 is 1.42 bits per heavy atom. The zero-order valence-electron chi connectivity index (χ0n) is 9.62. The Bertz CT molecular complexity index is 762. The molecule has 3 aromatic heterocycles. The van der Waals surface area contributed by atoms with E-state index in [1.165, 1.54) is 22.0 Å². The predicted octanol–water partition coefficient (Wildman–Crippen LogP) is 2.77. The second-order valence-corrected chi connectivity index (χ2v) is 5.63. The second-order valence-electron chi connectivity index (χ2n) is 3.81. The van der Waals surface area contributed by atoms with Crippen LogP contribution in [-0.4, -0.2) is 14.7 Å². The summed E-state index contributed by atoms with van der Waals surface area (Å²) in [6, 6.07) is 6.90. The zero-order chi connectivity index (χ0) is 13.2. The maximum atomic E-state index is 11.6. The molecular formula is C12H8BrN3O2S. The quantitative estimate of drug-likeness (QED) is 0.737. The Morgan fingerprint density at radius 3 is 3.05 bits per heavy atom. The molecular weight excluding hydrogens is 330 g/mol. The van der Waals surface area contributed by atoms with E-state index in [-0.39, 0.29) is 12.1 Å². The number of pyridine rings is 1. The van der Waals surface area contributed by atoms with Gasteiger partial charge in [-0.25, -0.2) is 0 Å². The van der Waals surface area contributed by atoms with Crippen LogP contribution in [0, 0.1) is 0 Å². The molecule has 0 N–H and O–H groups in total. The lowest BCUT2D eigenvalue weighted by Crippen LogP contribution is -2.18. The molecule has 3 heterocycles. The van der Waals surface area contributed by atoms with Crippen molar-refractivity contribution in [3.63, 3.8) is 0 Å². The SMILES string of the molecule is O=c1ccccn1Cc1nc(-c2cc(Br)cs2)no1. The van der Waals surface area contributed by atoms with E-state index in [0.717, 1.165) is 9.35 Å². The fourth-order valence-electron chi connectivity index (χ4n) is 1.59. The standard InChI is InChI=1S/C12H8BrN3O2S/c13-8-5-9(19-7-8)12-14-10(18-15-12)6-16-4-2-1-3-11(16)17/h1-5,7H,6H2. The van der Waals surface area contributed by atoms with Gasteiger partial charge in [0.2, 0.25) is 11.7 Å². The van der Waals surface area contributed by atoms with Crippen LogP contribution in [0.1, 0.15) is 5.89 Å². The molecule has 7 heteroatoms. The zero-order valence-corrected chi connectivity index (χ0v) is 12.0. The maximum Gasteiger partial charge on any atom is 0.250 e. The minimum absolute atomic E-state index is 0.0962. The van der Waals surface area contributed by atoms with E-state index in [2.05, 4.69) is 26.1 Å². The molecule has 96 valence electrons. The van der Waals surface area contributed by atoms with Crippen molar-refractivity contribution in [3.8, 4) is 10.7 Å². The minimum atomic E-state index is -0.0962. The van der Waals surface area contributed by atoms with E-state index < -0.39 is 0 Å². The molecule has 3 aromatic rings. The fourth-order valence-corrected chi connectivity index (χ4v) is 2.94. The van der Waals surface area contributed by atoms with E-state index in [4.69, 9.17) is 4.52 Å². The van der Waals surface area contributed by atoms with Gasteiger partial charge in [-0.05, 0) is 28.1 Å². The molecule has 5 nitrogen and oxygen atoms in total. The first-order valence-electron chi connectivity index (χ1n) is 5.45. The Kier molecular flexibility index (Phi) is 3.31. The van der Waals surface area contributed by atoms with Gasteiger partial charge in [0.25, 0.3) is 5.56 Å². The van der Waals surface area contributed by atoms with E-state index in [1.807, 2.05) is 11.4 Å². The molecule has 3 rings (SSSR count). The number of nitrogens with zero attached hydrogens (tertiary/aromatic N) is 3. The molecule has 0 aromatic carbocycles. The monoisotopic (exact) mass is 337 g/mol. The highest BCUT2D eigenvalue weighted by Gasteiger charge is 2.11. The molecule has 0 radical (unpaired) electrons. The normalized spacial score (nSPS) is 10.8. The highest BCUT2D eigenvalue weighted by Crippen LogP contribution is 2.27. The van der Waals surface area contributed by atoms with Crippen molar-refractivity contribution in [2.24, 2.45) is 0 Å². The first-order chi connectivity index (χ1) is 9.22. The Balaban J connectivity index is 1.86. The third kappa shape index (κ3) is 2.66. The highest BCUT2D eigenvalue weighted by atomic mass is 79.9. The summed E-state index contributed by atoms with van der Waals surface area (Å²) in [5, 5.41) is 5.87. The van der Waals surface area contributed by atoms with Gasteiger partial charge in [0, 0.05) is 22.1 Å². The molecule has 0 aliphatic rings. The molecule has 0 saturated carbocycles. The van der Waals surface area contributed by atoms with Crippen molar-refractivity contribution in [2.45, 2.75) is 6.54 Å². The number of thiophene rings is 1. The molecule has 0 fully saturated rings. The number of halogens is 1. The summed E-state index contributed by atoms with van der Waals surface area (Å²) in [7, 11) is 0. The number of aromatic nitrogens is 3. The number of hydrogen-bond donors (Lipinski definition) is 0. The van der Waals surface area contributed by atoms with Crippen LogP contribution >= 0.6 is 27.3 Å². The molecule has 0 bridgehead atoms. The van der Waals surface area contributed by atoms with E-state index in [0.29, 0.717) is 11.7 Å². The molecule has 0 aliphatic carbocycles. The van der Waals surface area contributed by atoms with Crippen LogP contribution < -0.4 is 5.56 Å². The van der Waals surface area contributed by atoms with Crippen LogP contribution in [0.5, 0.6) is 0 Å². The summed E-state index contributed by atoms with van der Waals surface area (Å²) >= 11 is 4.90. The molecule has 0 atom stereocenters. The third-order valence-electron chi connectivity index (χ3n) is 2.46. The van der Waals surface area contributed by atoms with Crippen LogP contribution in [0.4, 0.5) is 0 Å². The largest absolute Gasteiger partial charge is 0.337 e. The van der Waals surface area contributed by atoms with E-state index >= 15 is 0 Å². The summed E-state index contributed by atoms with van der Waals surface area (Å²) < 4.78 is 7.66. The first kappa shape index (κ1) is 12.3. The smallest absolute Gasteiger partial charge is 0.250 e. The third-order valence-corrected chi connectivity index (χ3v) is 4.15. The Labute approximate surface area is 120 Å². The van der Waals surface area contributed by atoms with Crippen molar-refractivity contribution < 1.29 is 4.52 Å². The van der Waals surface area contributed by atoms with Gasteiger partial charge in [0.05, 0.1) is 4.88 Å². The molecule has 0 saturated heterocycles. The second kappa shape index (κ2) is 5.10. The highest BCUT2D eigenvalue weighted by molar-refractivity contribution is 9.10. The van der Waals surface area contributed by atoms with Crippen LogP contribution in [0.25, 0.3) is 10.7 Å². The molecule has 0 aliphatic heterocycles. The van der Waals surface area contributed by atoms with Crippen molar-refractivity contribution in [1.29, 1.82) is 0 Å². The van der Waals surface area contributed by atoms with E-state index in [9.17, 15) is 4.79 Å². The minimum Gasteiger partial charge on any atom is -0.337 e. The number of rotatable bonds is 3. The fraction of sp³-hybridized carbons (Fsp3) is 0.0833. The molecule has 19 heavy (non-hydrogen) atoms. The van der Waals surface area contributed by atoms with Crippen LogP contribution in [0.3, 0.4) is 0 Å². The van der Waals surface area contributed by atoms with Crippen LogP contribution in [0.15, 0.2) is 49.6 Å². The van der Waals surface area contributed by atoms with Gasteiger partial charge in [0.1, 0.15) is 6.54 Å². The van der Waals surface area contributed by atoms with Gasteiger partial charge < -0.3 is 9.09 Å². The topological polar surface area (TPSA) is 60.9 Å². The summed E-state index contributed by atoms with van der Waals surface area (Å²) in [6.07, 6.45) is 1.69. The summed E-state index contributed by atoms with van der Waals surface area (Å²) in [5.41, 5.74) is -0.0962. The lowest BCUT2D eigenvalue weighted by Gasteiger charge is -1.98.